The lowest BCUT2D eigenvalue weighted by Gasteiger charge is -2.32. The zero-order valence-corrected chi connectivity index (χ0v) is 17.9. The maximum atomic E-state index is 12.8. The maximum absolute atomic E-state index is 12.8. The van der Waals surface area contributed by atoms with Gasteiger partial charge in [0.2, 0.25) is 11.8 Å². The van der Waals surface area contributed by atoms with Crippen LogP contribution >= 0.6 is 15.9 Å². The number of likely N-dealkylation sites (N-methyl/N-ethyl adjacent to an activating group) is 2. The molecule has 1 N–H and O–H groups in total. The van der Waals surface area contributed by atoms with Crippen molar-refractivity contribution < 1.29 is 9.59 Å². The number of rotatable bonds is 5. The fourth-order valence-corrected chi connectivity index (χ4v) is 4.30. The summed E-state index contributed by atoms with van der Waals surface area (Å²) in [5.74, 6) is -0.0134. The molecule has 0 saturated heterocycles. The monoisotopic (exact) mass is 433 g/mol. The average molecular weight is 434 g/mol. The first-order valence-corrected chi connectivity index (χ1v) is 10.4. The molecule has 0 atom stereocenters. The van der Waals surface area contributed by atoms with Crippen LogP contribution in [0.25, 0.3) is 10.9 Å². The quantitative estimate of drug-likeness (QED) is 0.773. The minimum Gasteiger partial charge on any atom is -0.358 e. The van der Waals surface area contributed by atoms with Gasteiger partial charge in [0.1, 0.15) is 0 Å². The van der Waals surface area contributed by atoms with Gasteiger partial charge in [0.15, 0.2) is 0 Å². The second-order valence-corrected chi connectivity index (χ2v) is 8.56. The van der Waals surface area contributed by atoms with Gasteiger partial charge in [-0.25, -0.2) is 0 Å². The van der Waals surface area contributed by atoms with E-state index < -0.39 is 0 Å². The standard InChI is InChI=1S/C21H28BrN3O2/c1-14-17(18-11-15(22)9-10-19(18)23-14)12-20(26)24(2)13-21(27)25(3)16-7-5-4-6-8-16/h9-11,16,23H,4-8,12-13H2,1-3H3. The highest BCUT2D eigenvalue weighted by Gasteiger charge is 2.24. The van der Waals surface area contributed by atoms with E-state index in [4.69, 9.17) is 0 Å². The number of carbonyl (C=O) groups is 2. The smallest absolute Gasteiger partial charge is 0.242 e. The Hall–Kier alpha value is -1.82. The number of H-pyrrole nitrogens is 1. The number of hydrogen-bond donors (Lipinski definition) is 1. The van der Waals surface area contributed by atoms with Gasteiger partial charge in [0.25, 0.3) is 0 Å². The highest BCUT2D eigenvalue weighted by molar-refractivity contribution is 9.10. The van der Waals surface area contributed by atoms with Crippen LogP contribution in [0.4, 0.5) is 0 Å². The Kier molecular flexibility index (Phi) is 6.25. The van der Waals surface area contributed by atoms with Crippen molar-refractivity contribution in [2.24, 2.45) is 0 Å². The number of fused-ring (bicyclic) bond motifs is 1. The number of nitrogens with zero attached hydrogens (tertiary/aromatic N) is 2. The molecule has 6 heteroatoms. The number of amides is 2. The van der Waals surface area contributed by atoms with Crippen molar-refractivity contribution in [3.63, 3.8) is 0 Å². The molecular formula is C21H28BrN3O2. The summed E-state index contributed by atoms with van der Waals surface area (Å²) in [5.41, 5.74) is 3.01. The molecular weight excluding hydrogens is 406 g/mol. The zero-order chi connectivity index (χ0) is 19.6. The summed E-state index contributed by atoms with van der Waals surface area (Å²) in [6.45, 7) is 2.12. The first kappa shape index (κ1) is 19.9. The van der Waals surface area contributed by atoms with Crippen LogP contribution in [-0.4, -0.2) is 53.3 Å². The lowest BCUT2D eigenvalue weighted by atomic mass is 9.94. The molecule has 1 heterocycles. The van der Waals surface area contributed by atoms with E-state index in [-0.39, 0.29) is 18.4 Å². The maximum Gasteiger partial charge on any atom is 0.242 e. The Morgan fingerprint density at radius 1 is 1.15 bits per heavy atom. The van der Waals surface area contributed by atoms with E-state index in [2.05, 4.69) is 20.9 Å². The summed E-state index contributed by atoms with van der Waals surface area (Å²) in [4.78, 5) is 32.1. The molecule has 1 aliphatic rings. The molecule has 1 fully saturated rings. The lowest BCUT2D eigenvalue weighted by molar-refractivity contribution is -0.139. The van der Waals surface area contributed by atoms with E-state index in [0.717, 1.165) is 39.5 Å². The third-order valence-corrected chi connectivity index (χ3v) is 6.22. The first-order chi connectivity index (χ1) is 12.9. The summed E-state index contributed by atoms with van der Waals surface area (Å²) < 4.78 is 0.986. The number of aromatic amines is 1. The summed E-state index contributed by atoms with van der Waals surface area (Å²) in [6, 6.07) is 6.34. The Balaban J connectivity index is 1.65. The van der Waals surface area contributed by atoms with Crippen molar-refractivity contribution in [3.05, 3.63) is 33.9 Å². The molecule has 1 aliphatic carbocycles. The van der Waals surface area contributed by atoms with Gasteiger partial charge in [0, 0.05) is 41.2 Å². The number of aryl methyl sites for hydroxylation is 1. The van der Waals surface area contributed by atoms with Crippen molar-refractivity contribution in [1.82, 2.24) is 14.8 Å². The summed E-state index contributed by atoms with van der Waals surface area (Å²) in [5, 5.41) is 1.05. The van der Waals surface area contributed by atoms with Crippen LogP contribution in [0.15, 0.2) is 22.7 Å². The van der Waals surface area contributed by atoms with E-state index in [0.29, 0.717) is 12.5 Å². The Labute approximate surface area is 169 Å². The second kappa shape index (κ2) is 8.46. The van der Waals surface area contributed by atoms with Crippen LogP contribution in [0, 0.1) is 6.92 Å². The predicted octanol–water partition coefficient (Wildman–Crippen LogP) is 4.03. The molecule has 0 radical (unpaired) electrons. The van der Waals surface area contributed by atoms with Gasteiger partial charge in [-0.3, -0.25) is 9.59 Å². The first-order valence-electron chi connectivity index (χ1n) is 9.63. The van der Waals surface area contributed by atoms with Gasteiger partial charge in [-0.1, -0.05) is 35.2 Å². The van der Waals surface area contributed by atoms with E-state index in [1.165, 1.54) is 19.3 Å². The Morgan fingerprint density at radius 2 is 1.85 bits per heavy atom. The Morgan fingerprint density at radius 3 is 2.56 bits per heavy atom. The second-order valence-electron chi connectivity index (χ2n) is 7.64. The van der Waals surface area contributed by atoms with Crippen molar-refractivity contribution >= 4 is 38.6 Å². The molecule has 3 rings (SSSR count). The topological polar surface area (TPSA) is 56.4 Å². The van der Waals surface area contributed by atoms with E-state index in [1.807, 2.05) is 37.1 Å². The predicted molar refractivity (Wildman–Crippen MR) is 112 cm³/mol. The minimum atomic E-state index is -0.0376. The molecule has 0 bridgehead atoms. The van der Waals surface area contributed by atoms with E-state index in [1.54, 1.807) is 11.9 Å². The fraction of sp³-hybridized carbons (Fsp3) is 0.524. The molecule has 5 nitrogen and oxygen atoms in total. The van der Waals surface area contributed by atoms with Gasteiger partial charge < -0.3 is 14.8 Å². The Bertz CT molecular complexity index is 839. The summed E-state index contributed by atoms with van der Waals surface area (Å²) >= 11 is 3.50. The molecule has 0 aliphatic heterocycles. The SMILES string of the molecule is Cc1[nH]c2ccc(Br)cc2c1CC(=O)N(C)CC(=O)N(C)C1CCCCC1. The van der Waals surface area contributed by atoms with Gasteiger partial charge in [-0.2, -0.15) is 0 Å². The normalized spacial score (nSPS) is 15.1. The van der Waals surface area contributed by atoms with Crippen LogP contribution in [-0.2, 0) is 16.0 Å². The number of halogens is 1. The van der Waals surface area contributed by atoms with Gasteiger partial charge in [-0.15, -0.1) is 0 Å². The molecule has 27 heavy (non-hydrogen) atoms. The van der Waals surface area contributed by atoms with Crippen molar-refractivity contribution in [1.29, 1.82) is 0 Å². The third-order valence-electron chi connectivity index (χ3n) is 5.72. The van der Waals surface area contributed by atoms with Crippen LogP contribution in [0.1, 0.15) is 43.4 Å². The number of hydrogen-bond acceptors (Lipinski definition) is 2. The summed E-state index contributed by atoms with van der Waals surface area (Å²) in [7, 11) is 3.59. The van der Waals surface area contributed by atoms with E-state index in [9.17, 15) is 9.59 Å². The number of benzene rings is 1. The van der Waals surface area contributed by atoms with Crippen LogP contribution in [0.5, 0.6) is 0 Å². The molecule has 0 spiro atoms. The van der Waals surface area contributed by atoms with Crippen LogP contribution in [0.2, 0.25) is 0 Å². The molecule has 1 aromatic carbocycles. The van der Waals surface area contributed by atoms with Crippen LogP contribution in [0.3, 0.4) is 0 Å². The molecule has 2 aromatic rings. The van der Waals surface area contributed by atoms with E-state index >= 15 is 0 Å². The fourth-order valence-electron chi connectivity index (χ4n) is 3.94. The lowest BCUT2D eigenvalue weighted by Crippen LogP contribution is -2.44. The molecule has 2 amide bonds. The van der Waals surface area contributed by atoms with Gasteiger partial charge in [0.05, 0.1) is 13.0 Å². The number of carbonyl (C=O) groups excluding carboxylic acids is 2. The minimum absolute atomic E-state index is 0.0242. The molecule has 1 aromatic heterocycles. The molecule has 146 valence electrons. The highest BCUT2D eigenvalue weighted by Crippen LogP contribution is 2.26. The van der Waals surface area contributed by atoms with Crippen molar-refractivity contribution in [2.45, 2.75) is 51.5 Å². The number of aromatic nitrogens is 1. The third kappa shape index (κ3) is 4.54. The largest absolute Gasteiger partial charge is 0.358 e. The zero-order valence-electron chi connectivity index (χ0n) is 16.3. The van der Waals surface area contributed by atoms with Crippen molar-refractivity contribution in [2.75, 3.05) is 20.6 Å². The van der Waals surface area contributed by atoms with Crippen molar-refractivity contribution in [3.8, 4) is 0 Å². The summed E-state index contributed by atoms with van der Waals surface area (Å²) in [6.07, 6.45) is 6.07. The molecule has 0 unspecified atom stereocenters. The number of nitrogens with one attached hydrogen (secondary N) is 1. The highest BCUT2D eigenvalue weighted by atomic mass is 79.9. The average Bonchev–Trinajstić information content (AvgIpc) is 2.96. The molecule has 1 saturated carbocycles. The van der Waals surface area contributed by atoms with Gasteiger partial charge >= 0.3 is 0 Å². The van der Waals surface area contributed by atoms with Gasteiger partial charge in [-0.05, 0) is 43.5 Å². The van der Waals surface area contributed by atoms with Crippen LogP contribution < -0.4 is 0 Å².